The normalized spacial score (nSPS) is 11.5. The predicted molar refractivity (Wildman–Crippen MR) is 82.5 cm³/mol. The molecule has 0 heterocycles. The standard InChI is InChI=1S/C15H15ClFN3O/c1-20(9-11-2-5-12(17)8-14(11)16)13-6-3-10(4-7-13)15(18)19-21/h2-8,21H,9H2,1H3,(H2,18,19). The maximum Gasteiger partial charge on any atom is 0.170 e. The van der Waals surface area contributed by atoms with Gasteiger partial charge in [-0.1, -0.05) is 22.8 Å². The van der Waals surface area contributed by atoms with E-state index >= 15 is 0 Å². The third kappa shape index (κ3) is 3.64. The monoisotopic (exact) mass is 307 g/mol. The van der Waals surface area contributed by atoms with Crippen LogP contribution in [0.5, 0.6) is 0 Å². The van der Waals surface area contributed by atoms with Crippen molar-refractivity contribution in [3.8, 4) is 0 Å². The molecule has 0 radical (unpaired) electrons. The van der Waals surface area contributed by atoms with Crippen LogP contribution in [0.1, 0.15) is 11.1 Å². The zero-order valence-corrected chi connectivity index (χ0v) is 12.2. The fourth-order valence-corrected chi connectivity index (χ4v) is 2.17. The summed E-state index contributed by atoms with van der Waals surface area (Å²) in [6.45, 7) is 0.544. The molecule has 21 heavy (non-hydrogen) atoms. The Hall–Kier alpha value is -2.27. The molecule has 0 saturated heterocycles. The minimum atomic E-state index is -0.352. The van der Waals surface area contributed by atoms with E-state index in [1.807, 2.05) is 24.1 Å². The van der Waals surface area contributed by atoms with Crippen molar-refractivity contribution in [1.29, 1.82) is 0 Å². The van der Waals surface area contributed by atoms with Gasteiger partial charge in [-0.3, -0.25) is 0 Å². The van der Waals surface area contributed by atoms with Gasteiger partial charge in [-0.25, -0.2) is 4.39 Å². The molecule has 4 nitrogen and oxygen atoms in total. The van der Waals surface area contributed by atoms with Crippen LogP contribution in [0.25, 0.3) is 0 Å². The molecule has 0 aromatic heterocycles. The van der Waals surface area contributed by atoms with Crippen molar-refractivity contribution in [2.45, 2.75) is 6.54 Å². The van der Waals surface area contributed by atoms with Crippen LogP contribution >= 0.6 is 11.6 Å². The van der Waals surface area contributed by atoms with Gasteiger partial charge in [-0.2, -0.15) is 0 Å². The lowest BCUT2D eigenvalue weighted by Crippen LogP contribution is -2.17. The molecule has 2 aromatic carbocycles. The Morgan fingerprint density at radius 1 is 1.29 bits per heavy atom. The second-order valence-corrected chi connectivity index (χ2v) is 5.03. The van der Waals surface area contributed by atoms with Gasteiger partial charge in [0.05, 0.1) is 0 Å². The van der Waals surface area contributed by atoms with E-state index in [-0.39, 0.29) is 11.7 Å². The average molecular weight is 308 g/mol. The van der Waals surface area contributed by atoms with Gasteiger partial charge in [0, 0.05) is 29.9 Å². The fraction of sp³-hybridized carbons (Fsp3) is 0.133. The number of halogens is 2. The SMILES string of the molecule is CN(Cc1ccc(F)cc1Cl)c1ccc(C(N)=NO)cc1. The highest BCUT2D eigenvalue weighted by Gasteiger charge is 2.07. The van der Waals surface area contributed by atoms with Crippen molar-refractivity contribution in [2.75, 3.05) is 11.9 Å². The zero-order valence-electron chi connectivity index (χ0n) is 11.4. The number of hydrogen-bond donors (Lipinski definition) is 2. The highest BCUT2D eigenvalue weighted by Crippen LogP contribution is 2.22. The molecule has 0 aliphatic carbocycles. The maximum absolute atomic E-state index is 13.0. The van der Waals surface area contributed by atoms with E-state index in [9.17, 15) is 4.39 Å². The Kier molecular flexibility index (Phi) is 4.65. The molecule has 3 N–H and O–H groups in total. The number of oxime groups is 1. The molecule has 110 valence electrons. The highest BCUT2D eigenvalue weighted by molar-refractivity contribution is 6.31. The van der Waals surface area contributed by atoms with Gasteiger partial charge in [-0.15, -0.1) is 0 Å². The van der Waals surface area contributed by atoms with Crippen LogP contribution in [0.15, 0.2) is 47.6 Å². The number of hydrogen-bond acceptors (Lipinski definition) is 3. The van der Waals surface area contributed by atoms with E-state index in [1.54, 1.807) is 18.2 Å². The third-order valence-electron chi connectivity index (χ3n) is 3.13. The van der Waals surface area contributed by atoms with E-state index in [1.165, 1.54) is 12.1 Å². The molecule has 2 aromatic rings. The fourth-order valence-electron chi connectivity index (χ4n) is 1.94. The lowest BCUT2D eigenvalue weighted by molar-refractivity contribution is 0.318. The van der Waals surface area contributed by atoms with Crippen molar-refractivity contribution in [3.05, 3.63) is 64.4 Å². The van der Waals surface area contributed by atoms with E-state index < -0.39 is 0 Å². The van der Waals surface area contributed by atoms with Crippen molar-refractivity contribution in [2.24, 2.45) is 10.9 Å². The second kappa shape index (κ2) is 6.45. The first-order chi connectivity index (χ1) is 10.0. The van der Waals surface area contributed by atoms with Crippen LogP contribution in [0.2, 0.25) is 5.02 Å². The number of rotatable bonds is 4. The summed E-state index contributed by atoms with van der Waals surface area (Å²) in [7, 11) is 1.90. The molecule has 0 saturated carbocycles. The van der Waals surface area contributed by atoms with Gasteiger partial charge >= 0.3 is 0 Å². The van der Waals surface area contributed by atoms with Crippen LogP contribution in [-0.2, 0) is 6.54 Å². The molecular weight excluding hydrogens is 293 g/mol. The summed E-state index contributed by atoms with van der Waals surface area (Å²) >= 11 is 6.02. The Balaban J connectivity index is 2.14. The molecule has 0 fully saturated rings. The highest BCUT2D eigenvalue weighted by atomic mass is 35.5. The summed E-state index contributed by atoms with van der Waals surface area (Å²) in [6, 6.07) is 11.6. The molecule has 0 aliphatic rings. The van der Waals surface area contributed by atoms with Gasteiger partial charge in [0.2, 0.25) is 0 Å². The maximum atomic E-state index is 13.0. The number of benzene rings is 2. The summed E-state index contributed by atoms with van der Waals surface area (Å²) in [5, 5.41) is 12.0. The molecule has 0 bridgehead atoms. The van der Waals surface area contributed by atoms with Crippen molar-refractivity contribution in [1.82, 2.24) is 0 Å². The number of anilines is 1. The van der Waals surface area contributed by atoms with Crippen molar-refractivity contribution >= 4 is 23.1 Å². The minimum Gasteiger partial charge on any atom is -0.409 e. The lowest BCUT2D eigenvalue weighted by Gasteiger charge is -2.20. The summed E-state index contributed by atoms with van der Waals surface area (Å²) in [5.41, 5.74) is 7.91. The van der Waals surface area contributed by atoms with Crippen LogP contribution in [0, 0.1) is 5.82 Å². The van der Waals surface area contributed by atoms with E-state index in [4.69, 9.17) is 22.5 Å². The molecule has 0 atom stereocenters. The largest absolute Gasteiger partial charge is 0.409 e. The predicted octanol–water partition coefficient (Wildman–Crippen LogP) is 3.21. The first-order valence-electron chi connectivity index (χ1n) is 6.24. The molecule has 0 amide bonds. The van der Waals surface area contributed by atoms with E-state index in [0.29, 0.717) is 17.1 Å². The van der Waals surface area contributed by atoms with Crippen LogP contribution in [0.4, 0.5) is 10.1 Å². The number of nitrogens with zero attached hydrogens (tertiary/aromatic N) is 2. The van der Waals surface area contributed by atoms with Crippen molar-refractivity contribution in [3.63, 3.8) is 0 Å². The Morgan fingerprint density at radius 3 is 2.52 bits per heavy atom. The van der Waals surface area contributed by atoms with E-state index in [2.05, 4.69) is 5.16 Å². The Morgan fingerprint density at radius 2 is 1.95 bits per heavy atom. The molecule has 0 unspecified atom stereocenters. The number of amidine groups is 1. The van der Waals surface area contributed by atoms with Gasteiger partial charge < -0.3 is 15.8 Å². The lowest BCUT2D eigenvalue weighted by atomic mass is 10.1. The smallest absolute Gasteiger partial charge is 0.170 e. The summed E-state index contributed by atoms with van der Waals surface area (Å²) in [4.78, 5) is 1.97. The second-order valence-electron chi connectivity index (χ2n) is 4.62. The average Bonchev–Trinajstić information content (AvgIpc) is 2.49. The quantitative estimate of drug-likeness (QED) is 0.394. The molecule has 2 rings (SSSR count). The summed E-state index contributed by atoms with van der Waals surface area (Å²) in [5.74, 6) is -0.291. The van der Waals surface area contributed by atoms with Gasteiger partial charge in [0.15, 0.2) is 5.84 Å². The molecule has 6 heteroatoms. The van der Waals surface area contributed by atoms with Gasteiger partial charge in [0.25, 0.3) is 0 Å². The molecule has 0 spiro atoms. The summed E-state index contributed by atoms with van der Waals surface area (Å²) in [6.07, 6.45) is 0. The number of nitrogens with two attached hydrogens (primary N) is 1. The van der Waals surface area contributed by atoms with Crippen molar-refractivity contribution < 1.29 is 9.60 Å². The Labute approximate surface area is 127 Å². The topological polar surface area (TPSA) is 61.8 Å². The van der Waals surface area contributed by atoms with Crippen LogP contribution in [0.3, 0.4) is 0 Å². The van der Waals surface area contributed by atoms with Gasteiger partial charge in [-0.05, 0) is 42.0 Å². The first kappa shape index (κ1) is 15.1. The summed E-state index contributed by atoms with van der Waals surface area (Å²) < 4.78 is 13.0. The van der Waals surface area contributed by atoms with Crippen LogP contribution < -0.4 is 10.6 Å². The Bertz CT molecular complexity index is 658. The molecular formula is C15H15ClFN3O. The first-order valence-corrected chi connectivity index (χ1v) is 6.62. The van der Waals surface area contributed by atoms with Crippen LogP contribution in [-0.4, -0.2) is 18.1 Å². The van der Waals surface area contributed by atoms with E-state index in [0.717, 1.165) is 11.3 Å². The van der Waals surface area contributed by atoms with Gasteiger partial charge in [0.1, 0.15) is 5.82 Å². The minimum absolute atomic E-state index is 0.0609. The zero-order chi connectivity index (χ0) is 15.4. The third-order valence-corrected chi connectivity index (χ3v) is 3.49. The molecule has 0 aliphatic heterocycles.